The molecule has 1 unspecified atom stereocenters. The van der Waals surface area contributed by atoms with Crippen molar-refractivity contribution in [2.45, 2.75) is 25.8 Å². The summed E-state index contributed by atoms with van der Waals surface area (Å²) in [6.45, 7) is -6.76. The largest absolute Gasteiger partial charge is 0.387 e. The number of anilines is 1. The summed E-state index contributed by atoms with van der Waals surface area (Å²) in [5, 5.41) is 12.2. The van der Waals surface area contributed by atoms with Gasteiger partial charge in [-0.25, -0.2) is 8.42 Å². The van der Waals surface area contributed by atoms with E-state index in [0.29, 0.717) is 5.56 Å². The Morgan fingerprint density at radius 3 is 2.42 bits per heavy atom. The van der Waals surface area contributed by atoms with Gasteiger partial charge in [0.25, 0.3) is 0 Å². The summed E-state index contributed by atoms with van der Waals surface area (Å²) < 4.78 is 75.9. The Morgan fingerprint density at radius 2 is 1.95 bits per heavy atom. The van der Waals surface area contributed by atoms with Gasteiger partial charge in [-0.15, -0.1) is 12.4 Å². The van der Waals surface area contributed by atoms with Crippen molar-refractivity contribution in [2.24, 2.45) is 0 Å². The van der Waals surface area contributed by atoms with Crippen molar-refractivity contribution in [3.63, 3.8) is 0 Å². The highest BCUT2D eigenvalue weighted by atomic mass is 35.5. The lowest BCUT2D eigenvalue weighted by atomic mass is 10.1. The molecular formula is C12H21ClN2O3S. The van der Waals surface area contributed by atoms with Crippen LogP contribution in [0.5, 0.6) is 0 Å². The molecule has 0 saturated carbocycles. The van der Waals surface area contributed by atoms with Crippen LogP contribution in [0.2, 0.25) is 0 Å². The highest BCUT2D eigenvalue weighted by Crippen LogP contribution is 2.16. The Morgan fingerprint density at radius 1 is 1.37 bits per heavy atom. The zero-order valence-electron chi connectivity index (χ0n) is 17.2. The van der Waals surface area contributed by atoms with Crippen LogP contribution in [0.1, 0.15) is 35.0 Å². The van der Waals surface area contributed by atoms with E-state index in [9.17, 15) is 13.5 Å². The SMILES string of the molecule is Cl.[2H]C([2H])([2H])C([2H])(NCC(O)c1ccc(NS(C)(=O)=O)cc1)C([2H])([2H])[2H]. The molecule has 0 aliphatic heterocycles. The van der Waals surface area contributed by atoms with Crippen molar-refractivity contribution >= 4 is 28.1 Å². The average Bonchev–Trinajstić information content (AvgIpc) is 2.41. The van der Waals surface area contributed by atoms with Crippen molar-refractivity contribution < 1.29 is 23.1 Å². The number of hydrogen-bond acceptors (Lipinski definition) is 4. The standard InChI is InChI=1S/C12H20N2O3S.ClH/c1-9(2)13-8-12(15)10-4-6-11(7-5-10)14-18(3,16)17;/h4-7,9,12-15H,8H2,1-3H3;1H/i1D3,2D3,9D;. The van der Waals surface area contributed by atoms with Gasteiger partial charge in [0.05, 0.1) is 12.4 Å². The summed E-state index contributed by atoms with van der Waals surface area (Å²) >= 11 is 0. The third kappa shape index (κ3) is 7.37. The number of halogens is 1. The van der Waals surface area contributed by atoms with Crippen LogP contribution < -0.4 is 10.0 Å². The first-order valence-electron chi connectivity index (χ1n) is 8.58. The Labute approximate surface area is 130 Å². The van der Waals surface area contributed by atoms with Crippen LogP contribution in [0.3, 0.4) is 0 Å². The van der Waals surface area contributed by atoms with Crippen LogP contribution in [-0.4, -0.2) is 32.3 Å². The maximum atomic E-state index is 11.1. The second kappa shape index (κ2) is 7.69. The number of hydrogen-bond donors (Lipinski definition) is 3. The summed E-state index contributed by atoms with van der Waals surface area (Å²) in [6, 6.07) is 2.65. The zero-order chi connectivity index (χ0) is 19.7. The molecule has 0 saturated heterocycles. The van der Waals surface area contributed by atoms with Crippen LogP contribution in [0.15, 0.2) is 24.3 Å². The lowest BCUT2D eigenvalue weighted by Gasteiger charge is -2.14. The van der Waals surface area contributed by atoms with Crippen LogP contribution in [0.25, 0.3) is 0 Å². The van der Waals surface area contributed by atoms with Crippen molar-refractivity contribution in [2.75, 3.05) is 17.5 Å². The van der Waals surface area contributed by atoms with Gasteiger partial charge < -0.3 is 10.4 Å². The van der Waals surface area contributed by atoms with Crippen LogP contribution in [0.4, 0.5) is 5.69 Å². The first kappa shape index (κ1) is 9.18. The molecule has 0 aliphatic rings. The molecule has 0 aromatic heterocycles. The van der Waals surface area contributed by atoms with Crippen LogP contribution in [0, 0.1) is 0 Å². The molecule has 7 heteroatoms. The minimum Gasteiger partial charge on any atom is -0.387 e. The van der Waals surface area contributed by atoms with Crippen molar-refractivity contribution in [3.05, 3.63) is 29.8 Å². The van der Waals surface area contributed by atoms with E-state index in [1.54, 1.807) is 0 Å². The second-order valence-corrected chi connectivity index (χ2v) is 5.52. The molecule has 3 N–H and O–H groups in total. The zero-order valence-corrected chi connectivity index (χ0v) is 11.8. The summed E-state index contributed by atoms with van der Waals surface area (Å²) in [5.41, 5.74) is 0.566. The molecule has 110 valence electrons. The number of aliphatic hydroxyl groups is 1. The maximum Gasteiger partial charge on any atom is 0.229 e. The third-order valence-corrected chi connectivity index (χ3v) is 2.68. The molecule has 0 radical (unpaired) electrons. The molecule has 1 atom stereocenters. The van der Waals surface area contributed by atoms with E-state index < -0.39 is 42.4 Å². The fourth-order valence-corrected chi connectivity index (χ4v) is 1.87. The first-order chi connectivity index (χ1) is 11.1. The minimum atomic E-state index is -3.45. The number of nitrogens with one attached hydrogen (secondary N) is 2. The fourth-order valence-electron chi connectivity index (χ4n) is 1.30. The molecule has 19 heavy (non-hydrogen) atoms. The van der Waals surface area contributed by atoms with Gasteiger partial charge in [-0.05, 0) is 17.7 Å². The van der Waals surface area contributed by atoms with Crippen LogP contribution in [-0.2, 0) is 10.0 Å². The van der Waals surface area contributed by atoms with Gasteiger partial charge in [-0.3, -0.25) is 4.72 Å². The lowest BCUT2D eigenvalue weighted by Crippen LogP contribution is -2.27. The second-order valence-electron chi connectivity index (χ2n) is 3.77. The lowest BCUT2D eigenvalue weighted by molar-refractivity contribution is 0.171. The Hall–Kier alpha value is -0.820. The summed E-state index contributed by atoms with van der Waals surface area (Å²) in [6.07, 6.45) is -0.307. The van der Waals surface area contributed by atoms with Gasteiger partial charge in [0.15, 0.2) is 0 Å². The highest BCUT2D eigenvalue weighted by Gasteiger charge is 2.08. The van der Waals surface area contributed by atoms with Gasteiger partial charge in [-0.2, -0.15) is 0 Å². The fraction of sp³-hybridized carbons (Fsp3) is 0.500. The molecule has 0 aliphatic carbocycles. The first-order valence-corrected chi connectivity index (χ1v) is 6.97. The van der Waals surface area contributed by atoms with E-state index in [1.165, 1.54) is 24.3 Å². The van der Waals surface area contributed by atoms with E-state index in [-0.39, 0.29) is 18.1 Å². The van der Waals surface area contributed by atoms with Crippen molar-refractivity contribution in [1.29, 1.82) is 0 Å². The molecule has 1 aromatic carbocycles. The third-order valence-electron chi connectivity index (χ3n) is 2.07. The summed E-state index contributed by atoms with van der Waals surface area (Å²) in [7, 11) is -3.45. The smallest absolute Gasteiger partial charge is 0.229 e. The summed E-state index contributed by atoms with van der Waals surface area (Å²) in [4.78, 5) is 0. The van der Waals surface area contributed by atoms with Crippen molar-refractivity contribution in [1.82, 2.24) is 5.32 Å². The van der Waals surface area contributed by atoms with Gasteiger partial charge in [-0.1, -0.05) is 25.8 Å². The van der Waals surface area contributed by atoms with E-state index in [0.717, 1.165) is 6.26 Å². The molecule has 0 bridgehead atoms. The van der Waals surface area contributed by atoms with Gasteiger partial charge in [0, 0.05) is 27.8 Å². The number of aliphatic hydroxyl groups excluding tert-OH is 1. The molecule has 0 spiro atoms. The molecule has 1 rings (SSSR count). The molecular weight excluding hydrogens is 288 g/mol. The van der Waals surface area contributed by atoms with Gasteiger partial charge in [0.1, 0.15) is 0 Å². The molecule has 0 heterocycles. The Bertz CT molecular complexity index is 678. The normalized spacial score (nSPS) is 20.2. The molecule has 5 nitrogen and oxygen atoms in total. The number of sulfonamides is 1. The highest BCUT2D eigenvalue weighted by molar-refractivity contribution is 7.92. The minimum absolute atomic E-state index is 0. The maximum absolute atomic E-state index is 11.1. The van der Waals surface area contributed by atoms with Gasteiger partial charge >= 0.3 is 0 Å². The predicted molar refractivity (Wildman–Crippen MR) is 80.3 cm³/mol. The molecule has 1 aromatic rings. The molecule has 0 amide bonds. The topological polar surface area (TPSA) is 78.4 Å². The Kier molecular flexibility index (Phi) is 3.72. The van der Waals surface area contributed by atoms with E-state index >= 15 is 0 Å². The number of rotatable bonds is 6. The quantitative estimate of drug-likeness (QED) is 0.743. The number of benzene rings is 1. The Balaban J connectivity index is 0.00000625. The van der Waals surface area contributed by atoms with Crippen molar-refractivity contribution in [3.8, 4) is 0 Å². The average molecular weight is 316 g/mol. The van der Waals surface area contributed by atoms with E-state index in [2.05, 4.69) is 10.0 Å². The summed E-state index contributed by atoms with van der Waals surface area (Å²) in [5.74, 6) is 0. The predicted octanol–water partition coefficient (Wildman–Crippen LogP) is 1.51. The van der Waals surface area contributed by atoms with Crippen LogP contribution >= 0.6 is 12.4 Å². The van der Waals surface area contributed by atoms with Gasteiger partial charge in [0.2, 0.25) is 10.0 Å². The van der Waals surface area contributed by atoms with E-state index in [1.807, 2.05) is 0 Å². The monoisotopic (exact) mass is 315 g/mol. The van der Waals surface area contributed by atoms with E-state index in [4.69, 9.17) is 9.60 Å². The molecule has 0 fully saturated rings.